The average Bonchev–Trinajstić information content (AvgIpc) is 3.53. The van der Waals surface area contributed by atoms with E-state index in [1.165, 1.54) is 19.4 Å². The maximum absolute atomic E-state index is 14.7. The molecule has 3 aromatic heterocycles. The number of carbonyl (C=O) groups is 1. The second kappa shape index (κ2) is 8.79. The molecule has 0 unspecified atom stereocenters. The minimum atomic E-state index is -4.77. The van der Waals surface area contributed by atoms with Gasteiger partial charge in [-0.15, -0.1) is 0 Å². The number of alkyl halides is 4. The molecule has 2 aliphatic rings. The summed E-state index contributed by atoms with van der Waals surface area (Å²) in [5, 5.41) is 5.81. The Bertz CT molecular complexity index is 1490. The Hall–Kier alpha value is -3.53. The van der Waals surface area contributed by atoms with Crippen molar-refractivity contribution in [3.05, 3.63) is 35.8 Å². The first-order valence-corrected chi connectivity index (χ1v) is 12.6. The van der Waals surface area contributed by atoms with E-state index in [1.54, 1.807) is 0 Å². The summed E-state index contributed by atoms with van der Waals surface area (Å²) in [6.45, 7) is -0.619. The SMILES string of the molecule is COc1ncc(-c2cc(C(F)(F)F)c3c(N)ncnn23)cc1C(=O)N[C@@H]1CN(S(=O)(=O)C2CC2)C[C@@H]1F. The molecule has 1 saturated heterocycles. The molecule has 5 rings (SSSR count). The molecule has 4 heterocycles. The molecule has 11 nitrogen and oxygen atoms in total. The van der Waals surface area contributed by atoms with Gasteiger partial charge in [-0.1, -0.05) is 0 Å². The highest BCUT2D eigenvalue weighted by Gasteiger charge is 2.46. The highest BCUT2D eigenvalue weighted by Crippen LogP contribution is 2.39. The molecule has 0 radical (unpaired) electrons. The van der Waals surface area contributed by atoms with Crippen molar-refractivity contribution >= 4 is 27.3 Å². The number of fused-ring (bicyclic) bond motifs is 1. The summed E-state index contributed by atoms with van der Waals surface area (Å²) < 4.78 is 87.7. The number of anilines is 1. The second-order valence-corrected chi connectivity index (χ2v) is 11.0. The van der Waals surface area contributed by atoms with Gasteiger partial charge >= 0.3 is 6.18 Å². The van der Waals surface area contributed by atoms with Gasteiger partial charge < -0.3 is 15.8 Å². The van der Waals surface area contributed by atoms with E-state index in [2.05, 4.69) is 20.4 Å². The van der Waals surface area contributed by atoms with Crippen LogP contribution in [0.4, 0.5) is 23.4 Å². The number of nitrogens with one attached hydrogen (secondary N) is 1. The second-order valence-electron chi connectivity index (χ2n) is 8.78. The van der Waals surface area contributed by atoms with Gasteiger partial charge in [0, 0.05) is 24.8 Å². The first-order chi connectivity index (χ1) is 17.4. The molecular formula is C21H21F4N7O4S. The van der Waals surface area contributed by atoms with Crippen LogP contribution in [0.25, 0.3) is 16.8 Å². The highest BCUT2D eigenvalue weighted by molar-refractivity contribution is 7.90. The fourth-order valence-corrected chi connectivity index (χ4v) is 6.18. The Morgan fingerprint density at radius 1 is 1.22 bits per heavy atom. The monoisotopic (exact) mass is 543 g/mol. The predicted molar refractivity (Wildman–Crippen MR) is 122 cm³/mol. The van der Waals surface area contributed by atoms with E-state index in [1.807, 2.05) is 0 Å². The fourth-order valence-electron chi connectivity index (χ4n) is 4.30. The maximum Gasteiger partial charge on any atom is 0.418 e. The third kappa shape index (κ3) is 4.43. The number of carbonyl (C=O) groups excluding carboxylic acids is 1. The molecular weight excluding hydrogens is 522 g/mol. The van der Waals surface area contributed by atoms with Crippen LogP contribution in [-0.4, -0.2) is 75.9 Å². The van der Waals surface area contributed by atoms with Crippen molar-refractivity contribution in [1.82, 2.24) is 29.2 Å². The Labute approximate surface area is 207 Å². The van der Waals surface area contributed by atoms with Gasteiger partial charge in [0.05, 0.1) is 29.7 Å². The number of nitrogens with two attached hydrogens (primary N) is 1. The van der Waals surface area contributed by atoms with Gasteiger partial charge in [-0.05, 0) is 25.0 Å². The molecule has 198 valence electrons. The number of methoxy groups -OCH3 is 1. The van der Waals surface area contributed by atoms with Crippen molar-refractivity contribution < 1.29 is 35.5 Å². The topological polar surface area (TPSA) is 145 Å². The van der Waals surface area contributed by atoms with E-state index in [0.29, 0.717) is 12.8 Å². The number of hydrogen-bond donors (Lipinski definition) is 2. The number of halogens is 4. The minimum Gasteiger partial charge on any atom is -0.480 e. The Kier molecular flexibility index (Phi) is 5.97. The summed E-state index contributed by atoms with van der Waals surface area (Å²) in [5.74, 6) is -1.40. The van der Waals surface area contributed by atoms with Crippen LogP contribution in [0.15, 0.2) is 24.7 Å². The van der Waals surface area contributed by atoms with Crippen LogP contribution in [0.1, 0.15) is 28.8 Å². The molecule has 3 aromatic rings. The van der Waals surface area contributed by atoms with E-state index in [-0.39, 0.29) is 35.8 Å². The van der Waals surface area contributed by atoms with Crippen LogP contribution in [0, 0.1) is 0 Å². The van der Waals surface area contributed by atoms with Crippen molar-refractivity contribution in [2.75, 3.05) is 25.9 Å². The van der Waals surface area contributed by atoms with Crippen LogP contribution in [-0.2, 0) is 16.2 Å². The first kappa shape index (κ1) is 25.1. The smallest absolute Gasteiger partial charge is 0.418 e. The van der Waals surface area contributed by atoms with Crippen molar-refractivity contribution in [1.29, 1.82) is 0 Å². The van der Waals surface area contributed by atoms with E-state index in [0.717, 1.165) is 21.2 Å². The number of aromatic nitrogens is 4. The Balaban J connectivity index is 1.48. The van der Waals surface area contributed by atoms with E-state index >= 15 is 0 Å². The van der Waals surface area contributed by atoms with Gasteiger partial charge in [-0.25, -0.2) is 27.3 Å². The number of rotatable bonds is 6. The standard InChI is InChI=1S/C21H21F4N7O4S/c1-36-20-12(19(33)30-15-8-31(7-14(15)22)37(34,35)11-2-3-11)4-10(6-27-20)16-5-13(21(23,24)25)17-18(26)28-9-29-32(16)17/h4-6,9,11,14-15H,2-3,7-8H2,1H3,(H,30,33)(H2,26,28,29)/t14-,15+/m0/s1. The Morgan fingerprint density at radius 2 is 1.95 bits per heavy atom. The van der Waals surface area contributed by atoms with E-state index in [4.69, 9.17) is 10.5 Å². The minimum absolute atomic E-state index is 0.0655. The van der Waals surface area contributed by atoms with Gasteiger partial charge in [-0.3, -0.25) is 4.79 Å². The van der Waals surface area contributed by atoms with Gasteiger partial charge in [0.2, 0.25) is 15.9 Å². The van der Waals surface area contributed by atoms with E-state index in [9.17, 15) is 30.8 Å². The van der Waals surface area contributed by atoms with Crippen molar-refractivity contribution in [3.8, 4) is 17.1 Å². The van der Waals surface area contributed by atoms with Crippen LogP contribution in [0.2, 0.25) is 0 Å². The summed E-state index contributed by atoms with van der Waals surface area (Å²) >= 11 is 0. The molecule has 0 aromatic carbocycles. The summed E-state index contributed by atoms with van der Waals surface area (Å²) in [6.07, 6.45) is -3.21. The van der Waals surface area contributed by atoms with Crippen molar-refractivity contribution in [2.45, 2.75) is 36.5 Å². The lowest BCUT2D eigenvalue weighted by molar-refractivity contribution is -0.136. The number of amides is 1. The number of pyridine rings is 1. The van der Waals surface area contributed by atoms with Gasteiger partial charge in [0.1, 0.15) is 23.6 Å². The predicted octanol–water partition coefficient (Wildman–Crippen LogP) is 1.65. The summed E-state index contributed by atoms with van der Waals surface area (Å²) in [4.78, 5) is 20.7. The third-order valence-electron chi connectivity index (χ3n) is 6.31. The number of hydrogen-bond acceptors (Lipinski definition) is 8. The lowest BCUT2D eigenvalue weighted by Gasteiger charge is -2.17. The molecule has 0 bridgehead atoms. The van der Waals surface area contributed by atoms with Crippen LogP contribution in [0.3, 0.4) is 0 Å². The molecule has 1 aliphatic heterocycles. The van der Waals surface area contributed by atoms with Gasteiger partial charge in [-0.2, -0.15) is 22.6 Å². The van der Waals surface area contributed by atoms with Crippen molar-refractivity contribution in [3.63, 3.8) is 0 Å². The number of nitrogens with zero attached hydrogens (tertiary/aromatic N) is 5. The third-order valence-corrected chi connectivity index (χ3v) is 8.64. The van der Waals surface area contributed by atoms with Crippen LogP contribution in [0.5, 0.6) is 5.88 Å². The van der Waals surface area contributed by atoms with Gasteiger partial charge in [0.15, 0.2) is 5.82 Å². The number of sulfonamides is 1. The van der Waals surface area contributed by atoms with Crippen LogP contribution >= 0.6 is 0 Å². The summed E-state index contributed by atoms with van der Waals surface area (Å²) in [7, 11) is -2.40. The zero-order valence-corrected chi connectivity index (χ0v) is 20.1. The number of ether oxygens (including phenoxy) is 1. The molecule has 0 spiro atoms. The normalized spacial score (nSPS) is 20.9. The molecule has 2 atom stereocenters. The lowest BCUT2D eigenvalue weighted by Crippen LogP contribution is -2.42. The molecule has 1 amide bonds. The molecule has 16 heteroatoms. The van der Waals surface area contributed by atoms with Gasteiger partial charge in [0.25, 0.3) is 5.91 Å². The van der Waals surface area contributed by atoms with Crippen molar-refractivity contribution in [2.24, 2.45) is 0 Å². The summed E-state index contributed by atoms with van der Waals surface area (Å²) in [5.41, 5.74) is 3.94. The molecule has 1 aliphatic carbocycles. The highest BCUT2D eigenvalue weighted by atomic mass is 32.2. The Morgan fingerprint density at radius 3 is 2.59 bits per heavy atom. The zero-order chi connectivity index (χ0) is 26.7. The summed E-state index contributed by atoms with van der Waals surface area (Å²) in [6, 6.07) is 0.899. The average molecular weight is 544 g/mol. The number of nitrogen functional groups attached to an aromatic ring is 1. The zero-order valence-electron chi connectivity index (χ0n) is 19.2. The quantitative estimate of drug-likeness (QED) is 0.447. The molecule has 2 fully saturated rings. The maximum atomic E-state index is 14.7. The first-order valence-electron chi connectivity index (χ1n) is 11.1. The van der Waals surface area contributed by atoms with E-state index < -0.39 is 56.5 Å². The molecule has 1 saturated carbocycles. The molecule has 3 N–H and O–H groups in total. The molecule has 37 heavy (non-hydrogen) atoms. The van der Waals surface area contributed by atoms with Crippen LogP contribution < -0.4 is 15.8 Å². The lowest BCUT2D eigenvalue weighted by atomic mass is 10.1. The fraction of sp³-hybridized carbons (Fsp3) is 0.429. The largest absolute Gasteiger partial charge is 0.480 e.